The first-order valence-electron chi connectivity index (χ1n) is 9.56. The summed E-state index contributed by atoms with van der Waals surface area (Å²) < 4.78 is 13.1. The predicted octanol–water partition coefficient (Wildman–Crippen LogP) is 2.47. The third-order valence-electron chi connectivity index (χ3n) is 5.11. The highest BCUT2D eigenvalue weighted by Gasteiger charge is 2.22. The number of hydrogen-bond donors (Lipinski definition) is 2. The third-order valence-corrected chi connectivity index (χ3v) is 5.11. The normalized spacial score (nSPS) is 15.6. The summed E-state index contributed by atoms with van der Waals surface area (Å²) in [7, 11) is 0. The Hall–Kier alpha value is -2.40. The predicted molar refractivity (Wildman–Crippen MR) is 108 cm³/mol. The van der Waals surface area contributed by atoms with Gasteiger partial charge in [-0.2, -0.15) is 0 Å². The lowest BCUT2D eigenvalue weighted by atomic mass is 9.87. The van der Waals surface area contributed by atoms with Crippen LogP contribution in [0.1, 0.15) is 26.3 Å². The van der Waals surface area contributed by atoms with Crippen molar-refractivity contribution >= 4 is 17.3 Å². The molecular weight excluding hydrogens is 341 g/mol. The highest BCUT2D eigenvalue weighted by Crippen LogP contribution is 2.23. The standard InChI is InChI=1S/C22H28FN3O/c1-22(2,3)17-4-8-19(9-5-17)24-21(27)16-25-12-14-26(15-13-25)20-10-6-18(23)7-11-20/h4-11H,12-16H2,1-3H3,(H,24,27)/p+1. The lowest BCUT2D eigenvalue weighted by Crippen LogP contribution is -3.15. The maximum absolute atomic E-state index is 13.1. The van der Waals surface area contributed by atoms with E-state index in [4.69, 9.17) is 0 Å². The molecule has 0 unspecified atom stereocenters. The number of carbonyl (C=O) groups is 1. The smallest absolute Gasteiger partial charge is 0.279 e. The number of carbonyl (C=O) groups excluding carboxylic acids is 1. The first-order valence-corrected chi connectivity index (χ1v) is 9.56. The van der Waals surface area contributed by atoms with Crippen LogP contribution in [-0.2, 0) is 10.2 Å². The number of hydrogen-bond acceptors (Lipinski definition) is 2. The molecule has 1 fully saturated rings. The average molecular weight is 370 g/mol. The number of rotatable bonds is 4. The van der Waals surface area contributed by atoms with Crippen molar-refractivity contribution in [3.63, 3.8) is 0 Å². The van der Waals surface area contributed by atoms with Crippen molar-refractivity contribution in [2.75, 3.05) is 42.9 Å². The van der Waals surface area contributed by atoms with Gasteiger partial charge >= 0.3 is 0 Å². The summed E-state index contributed by atoms with van der Waals surface area (Å²) in [6.07, 6.45) is 0. The molecule has 1 amide bonds. The number of quaternary nitrogens is 1. The molecule has 0 bridgehead atoms. The highest BCUT2D eigenvalue weighted by molar-refractivity contribution is 5.91. The maximum Gasteiger partial charge on any atom is 0.279 e. The Bertz CT molecular complexity index is 758. The van der Waals surface area contributed by atoms with E-state index in [1.54, 1.807) is 0 Å². The van der Waals surface area contributed by atoms with E-state index in [0.29, 0.717) is 6.54 Å². The van der Waals surface area contributed by atoms with Crippen LogP contribution in [0, 0.1) is 5.82 Å². The summed E-state index contributed by atoms with van der Waals surface area (Å²) in [5.74, 6) is -0.168. The Balaban J connectivity index is 1.47. The molecule has 0 spiro atoms. The Morgan fingerprint density at radius 2 is 1.63 bits per heavy atom. The second kappa shape index (κ2) is 8.09. The van der Waals surface area contributed by atoms with E-state index in [2.05, 4.69) is 43.1 Å². The Morgan fingerprint density at radius 3 is 2.19 bits per heavy atom. The van der Waals surface area contributed by atoms with Gasteiger partial charge in [0.2, 0.25) is 0 Å². The second-order valence-corrected chi connectivity index (χ2v) is 8.27. The van der Waals surface area contributed by atoms with Gasteiger partial charge in [0, 0.05) is 11.4 Å². The number of anilines is 2. The number of piperazine rings is 1. The fraction of sp³-hybridized carbons (Fsp3) is 0.409. The minimum atomic E-state index is -0.213. The van der Waals surface area contributed by atoms with Gasteiger partial charge in [-0.3, -0.25) is 4.79 Å². The van der Waals surface area contributed by atoms with Crippen LogP contribution in [0.25, 0.3) is 0 Å². The van der Waals surface area contributed by atoms with Gasteiger partial charge in [-0.25, -0.2) is 4.39 Å². The van der Waals surface area contributed by atoms with Crippen molar-refractivity contribution in [1.29, 1.82) is 0 Å². The molecule has 0 aromatic heterocycles. The molecule has 1 saturated heterocycles. The molecule has 0 atom stereocenters. The van der Waals surface area contributed by atoms with Crippen LogP contribution in [0.5, 0.6) is 0 Å². The van der Waals surface area contributed by atoms with Crippen molar-refractivity contribution in [3.05, 3.63) is 59.9 Å². The van der Waals surface area contributed by atoms with Crippen LogP contribution >= 0.6 is 0 Å². The zero-order valence-corrected chi connectivity index (χ0v) is 16.4. The van der Waals surface area contributed by atoms with Gasteiger partial charge in [-0.05, 0) is 47.4 Å². The van der Waals surface area contributed by atoms with E-state index < -0.39 is 0 Å². The van der Waals surface area contributed by atoms with Gasteiger partial charge in [-0.15, -0.1) is 0 Å². The zero-order valence-electron chi connectivity index (χ0n) is 16.4. The molecule has 2 aromatic carbocycles. The number of nitrogens with zero attached hydrogens (tertiary/aromatic N) is 1. The summed E-state index contributed by atoms with van der Waals surface area (Å²) in [4.78, 5) is 15.9. The molecule has 1 aliphatic heterocycles. The van der Waals surface area contributed by atoms with Gasteiger partial charge < -0.3 is 15.1 Å². The van der Waals surface area contributed by atoms with Crippen LogP contribution in [0.2, 0.25) is 0 Å². The van der Waals surface area contributed by atoms with Crippen LogP contribution in [0.3, 0.4) is 0 Å². The molecule has 5 heteroatoms. The molecule has 3 rings (SSSR count). The Kier molecular flexibility index (Phi) is 5.80. The largest absolute Gasteiger partial charge is 0.360 e. The summed E-state index contributed by atoms with van der Waals surface area (Å²) in [5.41, 5.74) is 3.25. The molecule has 0 saturated carbocycles. The van der Waals surface area contributed by atoms with Crippen LogP contribution < -0.4 is 15.1 Å². The summed E-state index contributed by atoms with van der Waals surface area (Å²) in [5, 5.41) is 3.00. The minimum Gasteiger partial charge on any atom is -0.360 e. The molecule has 144 valence electrons. The van der Waals surface area contributed by atoms with Crippen molar-refractivity contribution in [3.8, 4) is 0 Å². The minimum absolute atomic E-state index is 0.0451. The SMILES string of the molecule is CC(C)(C)c1ccc(NC(=O)C[NH+]2CCN(c3ccc(F)cc3)CC2)cc1. The number of benzene rings is 2. The molecule has 2 N–H and O–H groups in total. The number of nitrogens with one attached hydrogen (secondary N) is 2. The van der Waals surface area contributed by atoms with E-state index in [9.17, 15) is 9.18 Å². The quantitative estimate of drug-likeness (QED) is 0.868. The monoisotopic (exact) mass is 370 g/mol. The van der Waals surface area contributed by atoms with E-state index in [0.717, 1.165) is 37.6 Å². The molecule has 27 heavy (non-hydrogen) atoms. The van der Waals surface area contributed by atoms with Gasteiger partial charge in [0.05, 0.1) is 26.2 Å². The first kappa shape index (κ1) is 19.4. The molecule has 0 radical (unpaired) electrons. The number of amides is 1. The van der Waals surface area contributed by atoms with Gasteiger partial charge in [-0.1, -0.05) is 32.9 Å². The van der Waals surface area contributed by atoms with Crippen LogP contribution in [0.4, 0.5) is 15.8 Å². The number of halogens is 1. The fourth-order valence-corrected chi connectivity index (χ4v) is 3.40. The van der Waals surface area contributed by atoms with Crippen LogP contribution in [0.15, 0.2) is 48.5 Å². The highest BCUT2D eigenvalue weighted by atomic mass is 19.1. The maximum atomic E-state index is 13.1. The molecule has 1 heterocycles. The van der Waals surface area contributed by atoms with E-state index in [-0.39, 0.29) is 17.1 Å². The summed E-state index contributed by atoms with van der Waals surface area (Å²) in [6, 6.07) is 14.7. The third kappa shape index (κ3) is 5.30. The van der Waals surface area contributed by atoms with Crippen LogP contribution in [-0.4, -0.2) is 38.6 Å². The van der Waals surface area contributed by atoms with Crippen molar-refractivity contribution < 1.29 is 14.1 Å². The lowest BCUT2D eigenvalue weighted by molar-refractivity contribution is -0.892. The molecular formula is C22H29FN3O+. The van der Waals surface area contributed by atoms with E-state index >= 15 is 0 Å². The van der Waals surface area contributed by atoms with Crippen molar-refractivity contribution in [2.45, 2.75) is 26.2 Å². The topological polar surface area (TPSA) is 36.8 Å². The van der Waals surface area contributed by atoms with Gasteiger partial charge in [0.1, 0.15) is 5.82 Å². The molecule has 4 nitrogen and oxygen atoms in total. The molecule has 0 aliphatic carbocycles. The Morgan fingerprint density at radius 1 is 1.04 bits per heavy atom. The molecule has 1 aliphatic rings. The summed E-state index contributed by atoms with van der Waals surface area (Å²) in [6.45, 7) is 10.5. The second-order valence-electron chi connectivity index (χ2n) is 8.27. The fourth-order valence-electron chi connectivity index (χ4n) is 3.40. The first-order chi connectivity index (χ1) is 12.8. The zero-order chi connectivity index (χ0) is 19.4. The summed E-state index contributed by atoms with van der Waals surface area (Å²) >= 11 is 0. The van der Waals surface area contributed by atoms with E-state index in [1.165, 1.54) is 22.6 Å². The lowest BCUT2D eigenvalue weighted by Gasteiger charge is -2.33. The van der Waals surface area contributed by atoms with Crippen molar-refractivity contribution in [2.24, 2.45) is 0 Å². The van der Waals surface area contributed by atoms with Crippen molar-refractivity contribution in [1.82, 2.24) is 0 Å². The average Bonchev–Trinajstić information content (AvgIpc) is 2.63. The Labute approximate surface area is 161 Å². The van der Waals surface area contributed by atoms with Gasteiger partial charge in [0.25, 0.3) is 5.91 Å². The van der Waals surface area contributed by atoms with Gasteiger partial charge in [0.15, 0.2) is 6.54 Å². The van der Waals surface area contributed by atoms with E-state index in [1.807, 2.05) is 24.3 Å². The molecule has 2 aromatic rings.